The molecule has 0 aliphatic heterocycles. The Bertz CT molecular complexity index is 209. The largest absolute Gasteiger partial charge is 0.480 e. The molecule has 0 saturated heterocycles. The van der Waals surface area contributed by atoms with E-state index >= 15 is 0 Å². The summed E-state index contributed by atoms with van der Waals surface area (Å²) in [4.78, 5) is 10.7. The zero-order valence-electron chi connectivity index (χ0n) is 7.74. The first-order chi connectivity index (χ1) is 6.74. The van der Waals surface area contributed by atoms with E-state index in [1.54, 1.807) is 0 Å². The molecule has 8 heteroatoms. The zero-order valence-corrected chi connectivity index (χ0v) is 7.74. The number of aliphatic hydroxyl groups excluding tert-OH is 2. The zero-order chi connectivity index (χ0) is 12.1. The summed E-state index contributed by atoms with van der Waals surface area (Å²) in [6.07, 6.45) is -5.92. The van der Waals surface area contributed by atoms with Gasteiger partial charge in [-0.25, -0.2) is 0 Å². The predicted octanol–water partition coefficient (Wildman–Crippen LogP) is -0.712. The van der Waals surface area contributed by atoms with Crippen molar-refractivity contribution >= 4 is 5.97 Å². The van der Waals surface area contributed by atoms with E-state index in [1.165, 1.54) is 0 Å². The maximum atomic E-state index is 11.9. The third-order valence-electron chi connectivity index (χ3n) is 1.44. The number of halogens is 3. The summed E-state index contributed by atoms with van der Waals surface area (Å²) in [5.41, 5.74) is 0. The van der Waals surface area contributed by atoms with E-state index in [9.17, 15) is 18.0 Å². The van der Waals surface area contributed by atoms with Crippen molar-refractivity contribution in [2.75, 3.05) is 26.2 Å². The van der Waals surface area contributed by atoms with Crippen LogP contribution in [0, 0.1) is 0 Å². The van der Waals surface area contributed by atoms with Gasteiger partial charge in [0.05, 0.1) is 25.8 Å². The van der Waals surface area contributed by atoms with E-state index < -0.39 is 44.5 Å². The van der Waals surface area contributed by atoms with Crippen LogP contribution >= 0.6 is 0 Å². The number of carboxylic acids is 1. The van der Waals surface area contributed by atoms with Crippen molar-refractivity contribution in [2.24, 2.45) is 0 Å². The summed E-state index contributed by atoms with van der Waals surface area (Å²) in [6.45, 7) is -3.52. The number of rotatable bonds is 6. The molecule has 0 amide bonds. The van der Waals surface area contributed by atoms with Crippen LogP contribution in [0.25, 0.3) is 0 Å². The van der Waals surface area contributed by atoms with Gasteiger partial charge in [-0.2, -0.15) is 13.2 Å². The fourth-order valence-electron chi connectivity index (χ4n) is 0.986. The van der Waals surface area contributed by atoms with Crippen LogP contribution in [-0.4, -0.2) is 64.7 Å². The van der Waals surface area contributed by atoms with Crippen molar-refractivity contribution in [3.8, 4) is 0 Å². The maximum absolute atomic E-state index is 11.9. The van der Waals surface area contributed by atoms with E-state index in [1.807, 2.05) is 0 Å². The summed E-state index contributed by atoms with van der Waals surface area (Å²) in [5, 5.41) is 25.6. The number of aliphatic hydroxyl groups is 2. The molecule has 0 radical (unpaired) electrons. The smallest absolute Gasteiger partial charge is 0.401 e. The first kappa shape index (κ1) is 14.1. The molecule has 0 aromatic heterocycles. The Balaban J connectivity index is 4.24. The van der Waals surface area contributed by atoms with Crippen LogP contribution in [0.5, 0.6) is 0 Å². The third-order valence-corrected chi connectivity index (χ3v) is 1.44. The van der Waals surface area contributed by atoms with Gasteiger partial charge in [-0.1, -0.05) is 0 Å². The molecule has 5 nitrogen and oxygen atoms in total. The van der Waals surface area contributed by atoms with Crippen molar-refractivity contribution in [1.29, 1.82) is 0 Å². The molecule has 0 aliphatic carbocycles. The fraction of sp³-hybridized carbons (Fsp3) is 0.857. The Morgan fingerprint density at radius 1 is 1.40 bits per heavy atom. The molecule has 3 N–H and O–H groups in total. The first-order valence-electron chi connectivity index (χ1n) is 4.04. The second-order valence-corrected chi connectivity index (χ2v) is 3.01. The molecule has 0 fully saturated rings. The number of aliphatic carboxylic acids is 1. The molecular weight excluding hydrogens is 219 g/mol. The normalized spacial score (nSPS) is 14.3. The van der Waals surface area contributed by atoms with Gasteiger partial charge in [0.15, 0.2) is 0 Å². The van der Waals surface area contributed by atoms with E-state index in [2.05, 4.69) is 0 Å². The second kappa shape index (κ2) is 5.89. The number of carbonyl (C=O) groups is 1. The summed E-state index contributed by atoms with van der Waals surface area (Å²) in [6, 6.07) is 0. The average Bonchev–Trinajstić information content (AvgIpc) is 1.99. The van der Waals surface area contributed by atoms with Crippen molar-refractivity contribution in [3.05, 3.63) is 0 Å². The lowest BCUT2D eigenvalue weighted by molar-refractivity contribution is -0.156. The molecule has 15 heavy (non-hydrogen) atoms. The summed E-state index contributed by atoms with van der Waals surface area (Å²) >= 11 is 0. The van der Waals surface area contributed by atoms with E-state index in [0.717, 1.165) is 0 Å². The van der Waals surface area contributed by atoms with Crippen LogP contribution in [0.4, 0.5) is 13.2 Å². The van der Waals surface area contributed by atoms with Crippen LogP contribution in [0.2, 0.25) is 0 Å². The lowest BCUT2D eigenvalue weighted by atomic mass is 10.3. The molecule has 90 valence electrons. The molecule has 0 heterocycles. The van der Waals surface area contributed by atoms with Gasteiger partial charge in [-0.05, 0) is 0 Å². The number of hydrogen-bond donors (Lipinski definition) is 3. The predicted molar refractivity (Wildman–Crippen MR) is 43.2 cm³/mol. The van der Waals surface area contributed by atoms with Crippen molar-refractivity contribution < 1.29 is 33.3 Å². The van der Waals surface area contributed by atoms with E-state index in [0.29, 0.717) is 4.90 Å². The van der Waals surface area contributed by atoms with Gasteiger partial charge in [-0.15, -0.1) is 0 Å². The van der Waals surface area contributed by atoms with Gasteiger partial charge in [-0.3, -0.25) is 9.69 Å². The minimum atomic E-state index is -4.54. The second-order valence-electron chi connectivity index (χ2n) is 3.01. The summed E-state index contributed by atoms with van der Waals surface area (Å²) in [5.74, 6) is -1.43. The van der Waals surface area contributed by atoms with Gasteiger partial charge in [0.1, 0.15) is 0 Å². The van der Waals surface area contributed by atoms with Gasteiger partial charge < -0.3 is 15.3 Å². The molecule has 0 aliphatic rings. The molecule has 0 bridgehead atoms. The number of alkyl halides is 3. The molecule has 0 aromatic carbocycles. The highest BCUT2D eigenvalue weighted by molar-refractivity contribution is 5.69. The van der Waals surface area contributed by atoms with Gasteiger partial charge >= 0.3 is 12.1 Å². The minimum Gasteiger partial charge on any atom is -0.480 e. The quantitative estimate of drug-likeness (QED) is 0.562. The fourth-order valence-corrected chi connectivity index (χ4v) is 0.986. The molecule has 0 rings (SSSR count). The van der Waals surface area contributed by atoms with Crippen LogP contribution < -0.4 is 0 Å². The van der Waals surface area contributed by atoms with E-state index in [-0.39, 0.29) is 0 Å². The molecule has 1 unspecified atom stereocenters. The van der Waals surface area contributed by atoms with Crippen molar-refractivity contribution in [2.45, 2.75) is 12.3 Å². The van der Waals surface area contributed by atoms with Crippen LogP contribution in [-0.2, 0) is 4.79 Å². The van der Waals surface area contributed by atoms with Gasteiger partial charge in [0.25, 0.3) is 0 Å². The Labute approximate surface area is 83.7 Å². The van der Waals surface area contributed by atoms with Crippen molar-refractivity contribution in [3.63, 3.8) is 0 Å². The van der Waals surface area contributed by atoms with E-state index in [4.69, 9.17) is 15.3 Å². The van der Waals surface area contributed by atoms with Crippen molar-refractivity contribution in [1.82, 2.24) is 4.90 Å². The molecular formula is C7H12F3NO4. The van der Waals surface area contributed by atoms with Crippen LogP contribution in [0.1, 0.15) is 0 Å². The number of hydrogen-bond acceptors (Lipinski definition) is 4. The first-order valence-corrected chi connectivity index (χ1v) is 4.04. The number of nitrogens with zero attached hydrogens (tertiary/aromatic N) is 1. The molecule has 0 aromatic rings. The molecule has 0 spiro atoms. The Kier molecular flexibility index (Phi) is 5.55. The monoisotopic (exact) mass is 231 g/mol. The average molecular weight is 231 g/mol. The highest BCUT2D eigenvalue weighted by Gasteiger charge is 2.32. The topological polar surface area (TPSA) is 81.0 Å². The highest BCUT2D eigenvalue weighted by atomic mass is 19.4. The van der Waals surface area contributed by atoms with Gasteiger partial charge in [0, 0.05) is 6.54 Å². The Morgan fingerprint density at radius 3 is 2.27 bits per heavy atom. The SMILES string of the molecule is O=C(O)CN(CC(O)CO)CC(F)(F)F. The lowest BCUT2D eigenvalue weighted by Gasteiger charge is -2.23. The summed E-state index contributed by atoms with van der Waals surface area (Å²) in [7, 11) is 0. The summed E-state index contributed by atoms with van der Waals surface area (Å²) < 4.78 is 35.8. The Hall–Kier alpha value is -0.860. The molecule has 1 atom stereocenters. The van der Waals surface area contributed by atoms with Crippen LogP contribution in [0.3, 0.4) is 0 Å². The molecule has 0 saturated carbocycles. The standard InChI is InChI=1S/C7H12F3NO4/c8-7(9,10)4-11(2-6(14)15)1-5(13)3-12/h5,12-13H,1-4H2,(H,14,15). The number of carboxylic acid groups (broad SMARTS) is 1. The minimum absolute atomic E-state index is 0.503. The van der Waals surface area contributed by atoms with Gasteiger partial charge in [0.2, 0.25) is 0 Å². The maximum Gasteiger partial charge on any atom is 0.401 e. The third kappa shape index (κ3) is 8.16. The van der Waals surface area contributed by atoms with Crippen LogP contribution in [0.15, 0.2) is 0 Å². The Morgan fingerprint density at radius 2 is 1.93 bits per heavy atom. The lowest BCUT2D eigenvalue weighted by Crippen LogP contribution is -2.42. The highest BCUT2D eigenvalue weighted by Crippen LogP contribution is 2.16.